The van der Waals surface area contributed by atoms with Crippen molar-refractivity contribution in [1.29, 1.82) is 0 Å². The minimum Gasteiger partial charge on any atom is -0.462 e. The van der Waals surface area contributed by atoms with Crippen LogP contribution in [0.15, 0.2) is 0 Å². The van der Waals surface area contributed by atoms with E-state index in [4.69, 9.17) is 4.74 Å². The van der Waals surface area contributed by atoms with Crippen LogP contribution in [0.3, 0.4) is 0 Å². The Morgan fingerprint density at radius 3 is 1.68 bits per heavy atom. The third-order valence-electron chi connectivity index (χ3n) is 9.28. The molecule has 0 aromatic heterocycles. The van der Waals surface area contributed by atoms with Crippen LogP contribution in [0, 0.1) is 17.8 Å². The van der Waals surface area contributed by atoms with E-state index < -0.39 is 11.1 Å². The summed E-state index contributed by atoms with van der Waals surface area (Å²) in [4.78, 5) is 28.6. The van der Waals surface area contributed by atoms with Crippen molar-refractivity contribution in [2.75, 3.05) is 7.05 Å². The van der Waals surface area contributed by atoms with E-state index in [1.165, 1.54) is 5.06 Å². The van der Waals surface area contributed by atoms with Crippen LogP contribution in [0.2, 0.25) is 0 Å². The quantitative estimate of drug-likeness (QED) is 0.518. The summed E-state index contributed by atoms with van der Waals surface area (Å²) >= 11 is 0. The Morgan fingerprint density at radius 2 is 1.21 bits per heavy atom. The highest BCUT2D eigenvalue weighted by atomic mass is 16.5. The number of esters is 1. The molecule has 6 heteroatoms. The maximum atomic E-state index is 13.2. The SMILES string of the molecule is CN1C(C)(C)CC(CC(=O)C2CCC(C(=O)OC3CC(C)(C)N(O)C(C)(C)C3)CC2)CC1(C)C. The van der Waals surface area contributed by atoms with Gasteiger partial charge in [-0.25, -0.2) is 0 Å². The van der Waals surface area contributed by atoms with Crippen molar-refractivity contribution in [3.8, 4) is 0 Å². The zero-order valence-corrected chi connectivity index (χ0v) is 23.2. The van der Waals surface area contributed by atoms with Crippen LogP contribution in [0.5, 0.6) is 0 Å². The van der Waals surface area contributed by atoms with Crippen molar-refractivity contribution in [1.82, 2.24) is 9.96 Å². The number of carbonyl (C=O) groups excluding carboxylic acids is 2. The highest BCUT2D eigenvalue weighted by molar-refractivity contribution is 5.82. The van der Waals surface area contributed by atoms with Gasteiger partial charge in [0.25, 0.3) is 0 Å². The molecule has 1 aliphatic carbocycles. The van der Waals surface area contributed by atoms with Gasteiger partial charge in [0, 0.05) is 47.3 Å². The molecule has 2 aliphatic heterocycles. The molecule has 6 nitrogen and oxygen atoms in total. The first-order chi connectivity index (χ1) is 15.4. The highest BCUT2D eigenvalue weighted by Gasteiger charge is 2.47. The lowest BCUT2D eigenvalue weighted by Gasteiger charge is -2.53. The molecule has 0 atom stereocenters. The van der Waals surface area contributed by atoms with E-state index in [0.29, 0.717) is 31.0 Å². The number of rotatable bonds is 5. The fourth-order valence-electron chi connectivity index (χ4n) is 7.35. The summed E-state index contributed by atoms with van der Waals surface area (Å²) in [5.41, 5.74) is -0.672. The van der Waals surface area contributed by atoms with Gasteiger partial charge in [0.15, 0.2) is 0 Å². The molecule has 0 unspecified atom stereocenters. The number of Topliss-reactive ketones (excluding diaryl/α,β-unsaturated/α-hetero) is 1. The van der Waals surface area contributed by atoms with E-state index in [2.05, 4.69) is 39.6 Å². The van der Waals surface area contributed by atoms with E-state index in [9.17, 15) is 14.8 Å². The number of piperidine rings is 2. The summed E-state index contributed by atoms with van der Waals surface area (Å²) in [5, 5.41) is 11.9. The normalized spacial score (nSPS) is 32.3. The number of ketones is 1. The number of nitrogens with zero attached hydrogens (tertiary/aromatic N) is 2. The van der Waals surface area contributed by atoms with Gasteiger partial charge in [0.2, 0.25) is 0 Å². The predicted molar refractivity (Wildman–Crippen MR) is 135 cm³/mol. The fraction of sp³-hybridized carbons (Fsp3) is 0.929. The van der Waals surface area contributed by atoms with Gasteiger partial charge in [-0.05, 0) is 107 Å². The van der Waals surface area contributed by atoms with E-state index >= 15 is 0 Å². The number of likely N-dealkylation sites (tertiary alicyclic amines) is 1. The minimum atomic E-state index is -0.437. The zero-order chi connectivity index (χ0) is 25.7. The molecule has 1 saturated carbocycles. The maximum absolute atomic E-state index is 13.2. The molecule has 0 spiro atoms. The van der Waals surface area contributed by atoms with Crippen LogP contribution in [-0.2, 0) is 14.3 Å². The van der Waals surface area contributed by atoms with E-state index in [-0.39, 0.29) is 35.0 Å². The van der Waals surface area contributed by atoms with Gasteiger partial charge < -0.3 is 9.94 Å². The molecule has 0 amide bonds. The van der Waals surface area contributed by atoms with Gasteiger partial charge >= 0.3 is 5.97 Å². The zero-order valence-electron chi connectivity index (χ0n) is 23.2. The number of ether oxygens (including phenoxy) is 1. The van der Waals surface area contributed by atoms with Gasteiger partial charge in [-0.3, -0.25) is 14.5 Å². The molecule has 3 fully saturated rings. The van der Waals surface area contributed by atoms with Crippen LogP contribution in [-0.4, -0.2) is 62.2 Å². The van der Waals surface area contributed by atoms with Crippen LogP contribution in [0.4, 0.5) is 0 Å². The third kappa shape index (κ3) is 5.87. The van der Waals surface area contributed by atoms with Crippen LogP contribution in [0.1, 0.15) is 113 Å². The van der Waals surface area contributed by atoms with Crippen LogP contribution in [0.25, 0.3) is 0 Å². The van der Waals surface area contributed by atoms with Crippen molar-refractivity contribution < 1.29 is 19.5 Å². The minimum absolute atomic E-state index is 0.0884. The monoisotopic (exact) mass is 478 g/mol. The molecule has 196 valence electrons. The van der Waals surface area contributed by atoms with Gasteiger partial charge in [-0.1, -0.05) is 0 Å². The van der Waals surface area contributed by atoms with E-state index in [1.807, 2.05) is 27.7 Å². The average Bonchev–Trinajstić information content (AvgIpc) is 2.69. The predicted octanol–water partition coefficient (Wildman–Crippen LogP) is 5.61. The number of carbonyl (C=O) groups is 2. The van der Waals surface area contributed by atoms with Crippen molar-refractivity contribution >= 4 is 11.8 Å². The van der Waals surface area contributed by atoms with Crippen molar-refractivity contribution in [3.05, 3.63) is 0 Å². The molecule has 0 aromatic rings. The topological polar surface area (TPSA) is 70.1 Å². The van der Waals surface area contributed by atoms with Crippen molar-refractivity contribution in [2.45, 2.75) is 141 Å². The van der Waals surface area contributed by atoms with E-state index in [1.54, 1.807) is 0 Å². The number of hydrogen-bond acceptors (Lipinski definition) is 6. The lowest BCUT2D eigenvalue weighted by molar-refractivity contribution is -0.260. The summed E-state index contributed by atoms with van der Waals surface area (Å²) < 4.78 is 5.96. The molecule has 34 heavy (non-hydrogen) atoms. The summed E-state index contributed by atoms with van der Waals surface area (Å²) in [6.07, 6.45) is 6.91. The average molecular weight is 479 g/mol. The Bertz CT molecular complexity index is 664. The van der Waals surface area contributed by atoms with E-state index in [0.717, 1.165) is 38.5 Å². The van der Waals surface area contributed by atoms with Gasteiger partial charge in [-0.15, -0.1) is 0 Å². The molecule has 3 aliphatic rings. The Morgan fingerprint density at radius 1 is 0.765 bits per heavy atom. The molecule has 2 saturated heterocycles. The molecule has 0 radical (unpaired) electrons. The summed E-state index contributed by atoms with van der Waals surface area (Å²) in [7, 11) is 2.20. The Balaban J connectivity index is 1.49. The lowest BCUT2D eigenvalue weighted by Crippen LogP contribution is -2.60. The first kappa shape index (κ1) is 27.6. The number of hydroxylamine groups is 2. The first-order valence-electron chi connectivity index (χ1n) is 13.4. The lowest BCUT2D eigenvalue weighted by atomic mass is 9.70. The fourth-order valence-corrected chi connectivity index (χ4v) is 7.35. The van der Waals surface area contributed by atoms with Crippen LogP contribution < -0.4 is 0 Å². The molecular formula is C28H50N2O4. The molecule has 1 N–H and O–H groups in total. The summed E-state index contributed by atoms with van der Waals surface area (Å²) in [5.74, 6) is 0.689. The second-order valence-electron chi connectivity index (χ2n) is 14.1. The third-order valence-corrected chi connectivity index (χ3v) is 9.28. The molecule has 0 bridgehead atoms. The molecular weight excluding hydrogens is 428 g/mol. The molecule has 2 heterocycles. The Hall–Kier alpha value is -0.980. The Labute approximate surface area is 207 Å². The maximum Gasteiger partial charge on any atom is 0.309 e. The van der Waals surface area contributed by atoms with Crippen molar-refractivity contribution in [3.63, 3.8) is 0 Å². The Kier molecular flexibility index (Phi) is 7.69. The van der Waals surface area contributed by atoms with Gasteiger partial charge in [-0.2, -0.15) is 5.06 Å². The first-order valence-corrected chi connectivity index (χ1v) is 13.4. The van der Waals surface area contributed by atoms with Crippen LogP contribution >= 0.6 is 0 Å². The second kappa shape index (κ2) is 9.48. The molecule has 0 aromatic carbocycles. The molecule has 3 rings (SSSR count). The standard InChI is InChI=1S/C28H50N2O4/c1-25(2)15-19(16-26(3,4)29(25)9)14-23(31)20-10-12-21(13-11-20)24(32)34-22-17-27(5,6)30(33)28(7,8)18-22/h19-22,33H,10-18H2,1-9H3. The summed E-state index contributed by atoms with van der Waals surface area (Å²) in [6.45, 7) is 17.1. The number of hydrogen-bond donors (Lipinski definition) is 1. The van der Waals surface area contributed by atoms with Gasteiger partial charge in [0.1, 0.15) is 11.9 Å². The second-order valence-corrected chi connectivity index (χ2v) is 14.1. The summed E-state index contributed by atoms with van der Waals surface area (Å²) in [6, 6.07) is 0. The van der Waals surface area contributed by atoms with Gasteiger partial charge in [0.05, 0.1) is 5.92 Å². The highest BCUT2D eigenvalue weighted by Crippen LogP contribution is 2.43. The van der Waals surface area contributed by atoms with Crippen molar-refractivity contribution in [2.24, 2.45) is 17.8 Å². The largest absolute Gasteiger partial charge is 0.462 e. The smallest absolute Gasteiger partial charge is 0.309 e.